The zero-order chi connectivity index (χ0) is 16.1. The van der Waals surface area contributed by atoms with E-state index in [-0.39, 0.29) is 12.2 Å². The molecule has 1 aromatic carbocycles. The lowest BCUT2D eigenvalue weighted by Gasteiger charge is -2.10. The first-order valence-electron chi connectivity index (χ1n) is 6.69. The summed E-state index contributed by atoms with van der Waals surface area (Å²) in [5.74, 6) is -1.57. The number of rotatable bonds is 6. The summed E-state index contributed by atoms with van der Waals surface area (Å²) < 4.78 is 6.41. The fourth-order valence-corrected chi connectivity index (χ4v) is 1.96. The SMILES string of the molecule is COC(CNC(=O)c1cc(C)n(-c2ccccc2)n1)C(=O)O. The van der Waals surface area contributed by atoms with Crippen LogP contribution in [0, 0.1) is 6.92 Å². The summed E-state index contributed by atoms with van der Waals surface area (Å²) in [6.45, 7) is 1.72. The van der Waals surface area contributed by atoms with Gasteiger partial charge in [0.25, 0.3) is 5.91 Å². The van der Waals surface area contributed by atoms with Crippen molar-refractivity contribution in [3.8, 4) is 5.69 Å². The van der Waals surface area contributed by atoms with E-state index in [0.717, 1.165) is 11.4 Å². The molecule has 0 saturated heterocycles. The highest BCUT2D eigenvalue weighted by Gasteiger charge is 2.19. The molecule has 22 heavy (non-hydrogen) atoms. The molecule has 116 valence electrons. The number of ether oxygens (including phenoxy) is 1. The van der Waals surface area contributed by atoms with Crippen molar-refractivity contribution in [1.82, 2.24) is 15.1 Å². The second-order valence-electron chi connectivity index (χ2n) is 4.69. The molecule has 0 aliphatic rings. The van der Waals surface area contributed by atoms with Crippen LogP contribution >= 0.6 is 0 Å². The highest BCUT2D eigenvalue weighted by Crippen LogP contribution is 2.11. The van der Waals surface area contributed by atoms with Gasteiger partial charge in [-0.2, -0.15) is 5.10 Å². The van der Waals surface area contributed by atoms with Gasteiger partial charge in [0.05, 0.1) is 12.2 Å². The number of amides is 1. The molecule has 0 bridgehead atoms. The molecule has 0 radical (unpaired) electrons. The second kappa shape index (κ2) is 6.86. The molecular formula is C15H17N3O4. The minimum absolute atomic E-state index is 0.123. The third kappa shape index (κ3) is 3.50. The minimum atomic E-state index is -1.13. The average Bonchev–Trinajstić information content (AvgIpc) is 2.90. The number of carbonyl (C=O) groups is 2. The monoisotopic (exact) mass is 303 g/mol. The van der Waals surface area contributed by atoms with Crippen molar-refractivity contribution in [2.75, 3.05) is 13.7 Å². The summed E-state index contributed by atoms with van der Waals surface area (Å²) in [6, 6.07) is 11.1. The molecule has 2 N–H and O–H groups in total. The minimum Gasteiger partial charge on any atom is -0.479 e. The average molecular weight is 303 g/mol. The Bertz CT molecular complexity index is 667. The quantitative estimate of drug-likeness (QED) is 0.830. The fraction of sp³-hybridized carbons (Fsp3) is 0.267. The molecule has 7 heteroatoms. The van der Waals surface area contributed by atoms with E-state index in [1.165, 1.54) is 7.11 Å². The van der Waals surface area contributed by atoms with Crippen molar-refractivity contribution in [2.24, 2.45) is 0 Å². The van der Waals surface area contributed by atoms with Gasteiger partial charge in [0.2, 0.25) is 0 Å². The highest BCUT2D eigenvalue weighted by molar-refractivity contribution is 5.92. The van der Waals surface area contributed by atoms with Gasteiger partial charge in [0.1, 0.15) is 0 Å². The van der Waals surface area contributed by atoms with Gasteiger partial charge in [-0.05, 0) is 25.1 Å². The number of hydrogen-bond acceptors (Lipinski definition) is 4. The smallest absolute Gasteiger partial charge is 0.334 e. The third-order valence-electron chi connectivity index (χ3n) is 3.13. The number of carboxylic acids is 1. The van der Waals surface area contributed by atoms with Crippen LogP contribution < -0.4 is 5.32 Å². The molecule has 0 aliphatic carbocycles. The Morgan fingerprint density at radius 2 is 2.05 bits per heavy atom. The Morgan fingerprint density at radius 3 is 2.64 bits per heavy atom. The molecule has 1 amide bonds. The fourth-order valence-electron chi connectivity index (χ4n) is 1.96. The maximum absolute atomic E-state index is 12.0. The number of aryl methyl sites for hydroxylation is 1. The number of hydrogen-bond donors (Lipinski definition) is 2. The molecule has 2 rings (SSSR count). The van der Waals surface area contributed by atoms with Crippen LogP contribution in [0.5, 0.6) is 0 Å². The molecule has 0 fully saturated rings. The Labute approximate surface area is 127 Å². The number of nitrogens with one attached hydrogen (secondary N) is 1. The highest BCUT2D eigenvalue weighted by atomic mass is 16.5. The van der Waals surface area contributed by atoms with Crippen LogP contribution in [0.4, 0.5) is 0 Å². The molecule has 0 spiro atoms. The number of carbonyl (C=O) groups excluding carboxylic acids is 1. The maximum Gasteiger partial charge on any atom is 0.334 e. The number of para-hydroxylation sites is 1. The number of methoxy groups -OCH3 is 1. The molecule has 1 heterocycles. The van der Waals surface area contributed by atoms with Crippen LogP contribution in [0.1, 0.15) is 16.2 Å². The van der Waals surface area contributed by atoms with Gasteiger partial charge < -0.3 is 15.2 Å². The number of benzene rings is 1. The lowest BCUT2D eigenvalue weighted by Crippen LogP contribution is -2.38. The summed E-state index contributed by atoms with van der Waals surface area (Å²) in [4.78, 5) is 22.9. The van der Waals surface area contributed by atoms with E-state index in [2.05, 4.69) is 10.4 Å². The van der Waals surface area contributed by atoms with Crippen LogP contribution in [0.2, 0.25) is 0 Å². The third-order valence-corrected chi connectivity index (χ3v) is 3.13. The summed E-state index contributed by atoms with van der Waals surface area (Å²) in [6.07, 6.45) is -1.08. The molecule has 1 unspecified atom stereocenters. The van der Waals surface area contributed by atoms with Crippen molar-refractivity contribution in [2.45, 2.75) is 13.0 Å². The van der Waals surface area contributed by atoms with E-state index in [1.54, 1.807) is 10.7 Å². The zero-order valence-electron chi connectivity index (χ0n) is 12.3. The molecule has 1 atom stereocenters. The summed E-state index contributed by atoms with van der Waals surface area (Å²) >= 11 is 0. The van der Waals surface area contributed by atoms with Gasteiger partial charge in [-0.3, -0.25) is 4.79 Å². The van der Waals surface area contributed by atoms with Crippen LogP contribution in [0.15, 0.2) is 36.4 Å². The molecule has 2 aromatic rings. The van der Waals surface area contributed by atoms with Gasteiger partial charge in [0.15, 0.2) is 11.8 Å². The predicted octanol–water partition coefficient (Wildman–Crippen LogP) is 1.01. The van der Waals surface area contributed by atoms with Crippen molar-refractivity contribution >= 4 is 11.9 Å². The van der Waals surface area contributed by atoms with Crippen LogP contribution in [0.3, 0.4) is 0 Å². The van der Waals surface area contributed by atoms with E-state index in [4.69, 9.17) is 9.84 Å². The molecule has 0 aliphatic heterocycles. The van der Waals surface area contributed by atoms with Gasteiger partial charge in [0, 0.05) is 12.8 Å². The molecule has 7 nitrogen and oxygen atoms in total. The van der Waals surface area contributed by atoms with E-state index in [9.17, 15) is 9.59 Å². The lowest BCUT2D eigenvalue weighted by atomic mass is 10.3. The Kier molecular flexibility index (Phi) is 4.90. The lowest BCUT2D eigenvalue weighted by molar-refractivity contribution is -0.148. The van der Waals surface area contributed by atoms with Gasteiger partial charge in [-0.25, -0.2) is 9.48 Å². The molecule has 1 aromatic heterocycles. The van der Waals surface area contributed by atoms with E-state index < -0.39 is 18.0 Å². The number of aromatic nitrogens is 2. The summed E-state index contributed by atoms with van der Waals surface area (Å²) in [7, 11) is 1.28. The largest absolute Gasteiger partial charge is 0.479 e. The zero-order valence-corrected chi connectivity index (χ0v) is 12.3. The number of carboxylic acid groups (broad SMARTS) is 1. The van der Waals surface area contributed by atoms with E-state index in [1.807, 2.05) is 37.3 Å². The summed E-state index contributed by atoms with van der Waals surface area (Å²) in [5, 5.41) is 15.6. The standard InChI is InChI=1S/C15H17N3O4/c1-10-8-12(14(19)16-9-13(22-2)15(20)21)17-18(10)11-6-4-3-5-7-11/h3-8,13H,9H2,1-2H3,(H,16,19)(H,20,21). The van der Waals surface area contributed by atoms with Crippen molar-refractivity contribution in [3.05, 3.63) is 47.8 Å². The van der Waals surface area contributed by atoms with Crippen molar-refractivity contribution < 1.29 is 19.4 Å². The van der Waals surface area contributed by atoms with Gasteiger partial charge >= 0.3 is 5.97 Å². The normalized spacial score (nSPS) is 11.9. The van der Waals surface area contributed by atoms with Crippen molar-refractivity contribution in [3.63, 3.8) is 0 Å². The first-order chi connectivity index (χ1) is 10.5. The van der Waals surface area contributed by atoms with Gasteiger partial charge in [-0.15, -0.1) is 0 Å². The van der Waals surface area contributed by atoms with Gasteiger partial charge in [-0.1, -0.05) is 18.2 Å². The number of nitrogens with zero attached hydrogens (tertiary/aromatic N) is 2. The molecule has 0 saturated carbocycles. The first kappa shape index (κ1) is 15.7. The Hall–Kier alpha value is -2.67. The molecular weight excluding hydrogens is 286 g/mol. The van der Waals surface area contributed by atoms with Crippen LogP contribution in [-0.4, -0.2) is 46.5 Å². The van der Waals surface area contributed by atoms with Crippen LogP contribution in [0.25, 0.3) is 5.69 Å². The summed E-state index contributed by atoms with van der Waals surface area (Å²) in [5.41, 5.74) is 1.87. The second-order valence-corrected chi connectivity index (χ2v) is 4.69. The topological polar surface area (TPSA) is 93.5 Å². The first-order valence-corrected chi connectivity index (χ1v) is 6.69. The maximum atomic E-state index is 12.0. The number of aliphatic carboxylic acids is 1. The van der Waals surface area contributed by atoms with E-state index >= 15 is 0 Å². The predicted molar refractivity (Wildman–Crippen MR) is 79.1 cm³/mol. The van der Waals surface area contributed by atoms with Crippen LogP contribution in [-0.2, 0) is 9.53 Å². The Morgan fingerprint density at radius 1 is 1.36 bits per heavy atom. The van der Waals surface area contributed by atoms with E-state index in [0.29, 0.717) is 0 Å². The van der Waals surface area contributed by atoms with Crippen molar-refractivity contribution in [1.29, 1.82) is 0 Å². The Balaban J connectivity index is 2.10.